The van der Waals surface area contributed by atoms with Crippen LogP contribution in [-0.2, 0) is 20.0 Å². The van der Waals surface area contributed by atoms with Crippen molar-refractivity contribution in [3.8, 4) is 0 Å². The summed E-state index contributed by atoms with van der Waals surface area (Å²) in [5, 5.41) is 0. The molecule has 0 aromatic heterocycles. The molecule has 0 spiro atoms. The van der Waals surface area contributed by atoms with Gasteiger partial charge in [0.15, 0.2) is 8.37 Å². The molecule has 0 amide bonds. The molecule has 0 saturated carbocycles. The summed E-state index contributed by atoms with van der Waals surface area (Å²) >= 11 is 0. The Balaban J connectivity index is 1.91. The topological polar surface area (TPSA) is 78.0 Å². The molecule has 4 aromatic rings. The molecule has 232 valence electrons. The van der Waals surface area contributed by atoms with Crippen molar-refractivity contribution in [2.75, 3.05) is 0 Å². The number of sulfonamides is 2. The highest BCUT2D eigenvalue weighted by Crippen LogP contribution is 2.70. The van der Waals surface area contributed by atoms with E-state index in [1.807, 2.05) is 107 Å². The lowest BCUT2D eigenvalue weighted by Crippen LogP contribution is -2.42. The third-order valence-corrected chi connectivity index (χ3v) is 15.7. The Labute approximate surface area is 264 Å². The molecule has 5 rings (SSSR count). The monoisotopic (exact) mass is 649 g/mol. The standard InChI is InChI=1S/C34H40N3O4PS2/c1-25(2)35(26(3)4)42-36(43(38,39)31-21-17-27(5)18-22-31)33(29-13-9-7-10-14-29)34(30-15-11-8-12-16-30)37(42)44(40,41)32-23-19-28(6)20-24-32/h7-26,33-34H,1-6H3/t33-,34-/m1/s1. The Morgan fingerprint density at radius 2 is 0.864 bits per heavy atom. The van der Waals surface area contributed by atoms with E-state index in [-0.39, 0.29) is 21.9 Å². The molecule has 1 heterocycles. The summed E-state index contributed by atoms with van der Waals surface area (Å²) in [7, 11) is -10.6. The van der Waals surface area contributed by atoms with Gasteiger partial charge in [0.25, 0.3) is 0 Å². The van der Waals surface area contributed by atoms with Gasteiger partial charge in [0.2, 0.25) is 20.0 Å². The smallest absolute Gasteiger partial charge is 0.249 e. The Kier molecular flexibility index (Phi) is 9.47. The van der Waals surface area contributed by atoms with E-state index in [2.05, 4.69) is 0 Å². The zero-order chi connectivity index (χ0) is 31.8. The molecule has 0 unspecified atom stereocenters. The largest absolute Gasteiger partial charge is 0.251 e. The van der Waals surface area contributed by atoms with Crippen LogP contribution in [0.3, 0.4) is 0 Å². The van der Waals surface area contributed by atoms with E-state index in [1.54, 1.807) is 48.5 Å². The van der Waals surface area contributed by atoms with Crippen LogP contribution in [0.2, 0.25) is 0 Å². The van der Waals surface area contributed by atoms with Gasteiger partial charge in [-0.05, 0) is 76.9 Å². The van der Waals surface area contributed by atoms with Gasteiger partial charge in [0.1, 0.15) is 0 Å². The predicted octanol–water partition coefficient (Wildman–Crippen LogP) is 7.83. The number of rotatable bonds is 9. The summed E-state index contributed by atoms with van der Waals surface area (Å²) in [6.07, 6.45) is 0. The van der Waals surface area contributed by atoms with Crippen LogP contribution in [0.15, 0.2) is 119 Å². The van der Waals surface area contributed by atoms with Crippen LogP contribution < -0.4 is 0 Å². The summed E-state index contributed by atoms with van der Waals surface area (Å²) in [5.74, 6) is 0. The quantitative estimate of drug-likeness (QED) is 0.173. The van der Waals surface area contributed by atoms with Crippen LogP contribution >= 0.6 is 8.37 Å². The van der Waals surface area contributed by atoms with Crippen molar-refractivity contribution < 1.29 is 16.8 Å². The molecule has 2 atom stereocenters. The molecule has 0 aliphatic carbocycles. The van der Waals surface area contributed by atoms with Crippen molar-refractivity contribution in [2.45, 2.75) is 75.5 Å². The van der Waals surface area contributed by atoms with Crippen LogP contribution in [0.5, 0.6) is 0 Å². The second-order valence-electron chi connectivity index (χ2n) is 11.7. The second-order valence-corrected chi connectivity index (χ2v) is 17.8. The van der Waals surface area contributed by atoms with Crippen LogP contribution in [0, 0.1) is 13.8 Å². The SMILES string of the molecule is Cc1ccc(S(=O)(=O)N2[C@H](c3ccccc3)[C@@H](c3ccccc3)N(S(=O)(=O)c3ccc(C)cc3)P2N(C(C)C)C(C)C)cc1. The van der Waals surface area contributed by atoms with Crippen molar-refractivity contribution in [1.29, 1.82) is 0 Å². The zero-order valence-corrected chi connectivity index (χ0v) is 28.5. The maximum atomic E-state index is 15.0. The van der Waals surface area contributed by atoms with Crippen LogP contribution in [0.1, 0.15) is 62.0 Å². The molecule has 0 N–H and O–H groups in total. The Morgan fingerprint density at radius 1 is 0.545 bits per heavy atom. The van der Waals surface area contributed by atoms with E-state index in [1.165, 1.54) is 8.15 Å². The summed E-state index contributed by atoms with van der Waals surface area (Å²) in [4.78, 5) is 0.260. The van der Waals surface area contributed by atoms with Gasteiger partial charge >= 0.3 is 0 Å². The summed E-state index contributed by atoms with van der Waals surface area (Å²) in [6, 6.07) is 30.4. The highest BCUT2D eigenvalue weighted by Gasteiger charge is 2.61. The van der Waals surface area contributed by atoms with Gasteiger partial charge < -0.3 is 0 Å². The first-order chi connectivity index (χ1) is 20.9. The lowest BCUT2D eigenvalue weighted by molar-refractivity contribution is 0.304. The Morgan fingerprint density at radius 3 is 1.16 bits per heavy atom. The molecule has 1 fully saturated rings. The lowest BCUT2D eigenvalue weighted by Gasteiger charge is -2.42. The van der Waals surface area contributed by atoms with E-state index >= 15 is 16.8 Å². The fourth-order valence-corrected chi connectivity index (χ4v) is 13.9. The third kappa shape index (κ3) is 6.02. The van der Waals surface area contributed by atoms with E-state index < -0.39 is 40.5 Å². The van der Waals surface area contributed by atoms with E-state index in [4.69, 9.17) is 0 Å². The molecule has 0 radical (unpaired) electrons. The van der Waals surface area contributed by atoms with Crippen molar-refractivity contribution in [3.05, 3.63) is 131 Å². The maximum absolute atomic E-state index is 15.0. The first-order valence-electron chi connectivity index (χ1n) is 14.8. The second kappa shape index (κ2) is 12.8. The van der Waals surface area contributed by atoms with Crippen LogP contribution in [0.4, 0.5) is 0 Å². The molecule has 1 saturated heterocycles. The van der Waals surface area contributed by atoms with E-state index in [0.717, 1.165) is 22.3 Å². The normalized spacial score (nSPS) is 18.9. The fraction of sp³-hybridized carbons (Fsp3) is 0.294. The minimum atomic E-state index is -4.22. The number of aryl methyl sites for hydroxylation is 2. The zero-order valence-electron chi connectivity index (χ0n) is 25.9. The van der Waals surface area contributed by atoms with Crippen LogP contribution in [-0.4, -0.2) is 41.7 Å². The maximum Gasteiger partial charge on any atom is 0.249 e. The first kappa shape index (κ1) is 32.5. The highest BCUT2D eigenvalue weighted by atomic mass is 32.2. The van der Waals surface area contributed by atoms with Crippen molar-refractivity contribution >= 4 is 28.4 Å². The Bertz CT molecular complexity index is 1650. The number of benzene rings is 4. The summed E-state index contributed by atoms with van der Waals surface area (Å²) in [5.41, 5.74) is 3.31. The Hall–Kier alpha value is -2.91. The van der Waals surface area contributed by atoms with E-state index in [9.17, 15) is 0 Å². The minimum Gasteiger partial charge on any atom is -0.251 e. The van der Waals surface area contributed by atoms with Crippen LogP contribution in [0.25, 0.3) is 0 Å². The van der Waals surface area contributed by atoms with Gasteiger partial charge in [-0.3, -0.25) is 4.67 Å². The van der Waals surface area contributed by atoms with Crippen molar-refractivity contribution in [2.24, 2.45) is 0 Å². The first-order valence-corrected chi connectivity index (χ1v) is 18.8. The third-order valence-electron chi connectivity index (χ3n) is 7.80. The van der Waals surface area contributed by atoms with Crippen molar-refractivity contribution in [1.82, 2.24) is 12.8 Å². The van der Waals surface area contributed by atoms with E-state index in [0.29, 0.717) is 0 Å². The molecule has 1 aliphatic heterocycles. The molecule has 0 bridgehead atoms. The molecule has 10 heteroatoms. The number of hydrogen-bond acceptors (Lipinski definition) is 5. The average molecular weight is 650 g/mol. The van der Waals surface area contributed by atoms with Gasteiger partial charge in [-0.1, -0.05) is 96.1 Å². The van der Waals surface area contributed by atoms with Gasteiger partial charge in [0, 0.05) is 12.1 Å². The molecular formula is C34H40N3O4PS2. The molecule has 4 aromatic carbocycles. The van der Waals surface area contributed by atoms with Gasteiger partial charge in [-0.2, -0.15) is 0 Å². The van der Waals surface area contributed by atoms with Gasteiger partial charge in [-0.15, -0.1) is 8.15 Å². The van der Waals surface area contributed by atoms with Gasteiger partial charge in [-0.25, -0.2) is 16.8 Å². The fourth-order valence-electron chi connectivity index (χ4n) is 5.81. The highest BCUT2D eigenvalue weighted by molar-refractivity contribution is 7.98. The number of nitrogens with zero attached hydrogens (tertiary/aromatic N) is 3. The van der Waals surface area contributed by atoms with Crippen molar-refractivity contribution in [3.63, 3.8) is 0 Å². The average Bonchev–Trinajstić information content (AvgIpc) is 3.35. The predicted molar refractivity (Wildman–Crippen MR) is 178 cm³/mol. The minimum absolute atomic E-state index is 0.130. The number of hydrogen-bond donors (Lipinski definition) is 0. The molecular weight excluding hydrogens is 609 g/mol. The lowest BCUT2D eigenvalue weighted by atomic mass is 9.95. The summed E-state index contributed by atoms with van der Waals surface area (Å²) in [6.45, 7) is 11.8. The molecule has 44 heavy (non-hydrogen) atoms. The van der Waals surface area contributed by atoms with Gasteiger partial charge in [0.05, 0.1) is 21.9 Å². The molecule has 7 nitrogen and oxygen atoms in total. The molecule has 1 aliphatic rings. The summed E-state index contributed by atoms with van der Waals surface area (Å²) < 4.78 is 65.1.